The van der Waals surface area contributed by atoms with Crippen LogP contribution in [0.3, 0.4) is 0 Å². The summed E-state index contributed by atoms with van der Waals surface area (Å²) in [6, 6.07) is 12.3. The summed E-state index contributed by atoms with van der Waals surface area (Å²) in [7, 11) is -1.71. The maximum absolute atomic E-state index is 11.9. The molecule has 2 aromatic rings. The van der Waals surface area contributed by atoms with E-state index in [0.29, 0.717) is 22.9 Å². The van der Waals surface area contributed by atoms with Gasteiger partial charge in [-0.3, -0.25) is 4.72 Å². The van der Waals surface area contributed by atoms with Crippen molar-refractivity contribution in [3.63, 3.8) is 0 Å². The second-order valence-electron chi connectivity index (χ2n) is 5.32. The predicted octanol–water partition coefficient (Wildman–Crippen LogP) is 4.63. The van der Waals surface area contributed by atoms with Gasteiger partial charge in [-0.05, 0) is 48.9 Å². The van der Waals surface area contributed by atoms with Crippen molar-refractivity contribution in [2.24, 2.45) is 0 Å². The van der Waals surface area contributed by atoms with Gasteiger partial charge in [0.25, 0.3) is 0 Å². The predicted molar refractivity (Wildman–Crippen MR) is 100 cm³/mol. The zero-order chi connectivity index (χ0) is 17.6. The number of benzene rings is 2. The third-order valence-corrected chi connectivity index (χ3v) is 4.97. The van der Waals surface area contributed by atoms with Crippen LogP contribution < -0.4 is 14.8 Å². The van der Waals surface area contributed by atoms with Crippen LogP contribution in [0.25, 0.3) is 0 Å². The van der Waals surface area contributed by atoms with E-state index in [1.807, 2.05) is 6.92 Å². The SMILES string of the molecule is CCCCS(=O)(=O)Nc1ccc(Nc2cc(Cl)ccc2OC)cc1. The van der Waals surface area contributed by atoms with Gasteiger partial charge in [0, 0.05) is 16.4 Å². The summed E-state index contributed by atoms with van der Waals surface area (Å²) >= 11 is 6.01. The summed E-state index contributed by atoms with van der Waals surface area (Å²) in [4.78, 5) is 0. The van der Waals surface area contributed by atoms with E-state index in [2.05, 4.69) is 10.0 Å². The highest BCUT2D eigenvalue weighted by atomic mass is 35.5. The molecule has 2 aromatic carbocycles. The molecule has 2 N–H and O–H groups in total. The van der Waals surface area contributed by atoms with Gasteiger partial charge in [0.15, 0.2) is 0 Å². The van der Waals surface area contributed by atoms with Gasteiger partial charge in [-0.15, -0.1) is 0 Å². The summed E-state index contributed by atoms with van der Waals surface area (Å²) < 4.78 is 31.7. The minimum atomic E-state index is -3.29. The fraction of sp³-hybridized carbons (Fsp3) is 0.294. The number of nitrogens with one attached hydrogen (secondary N) is 2. The number of hydrogen-bond acceptors (Lipinski definition) is 4. The molecule has 0 fully saturated rings. The van der Waals surface area contributed by atoms with Gasteiger partial charge >= 0.3 is 0 Å². The molecule has 0 bridgehead atoms. The standard InChI is InChI=1S/C17H21ClN2O3S/c1-3-4-11-24(21,22)20-15-8-6-14(7-9-15)19-16-12-13(18)5-10-17(16)23-2/h5-10,12,19-20H,3-4,11H2,1-2H3. The molecule has 0 unspecified atom stereocenters. The molecular weight excluding hydrogens is 348 g/mol. The van der Waals surface area contributed by atoms with Crippen LogP contribution in [0.5, 0.6) is 5.75 Å². The second-order valence-corrected chi connectivity index (χ2v) is 7.60. The Hall–Kier alpha value is -1.92. The summed E-state index contributed by atoms with van der Waals surface area (Å²) in [5, 5.41) is 3.80. The topological polar surface area (TPSA) is 67.4 Å². The van der Waals surface area contributed by atoms with Gasteiger partial charge in [-0.2, -0.15) is 0 Å². The Labute approximate surface area is 148 Å². The van der Waals surface area contributed by atoms with Crippen LogP contribution in [0.15, 0.2) is 42.5 Å². The normalized spacial score (nSPS) is 11.1. The van der Waals surface area contributed by atoms with E-state index in [4.69, 9.17) is 16.3 Å². The third kappa shape index (κ3) is 5.32. The van der Waals surface area contributed by atoms with E-state index < -0.39 is 10.0 Å². The van der Waals surface area contributed by atoms with E-state index >= 15 is 0 Å². The first kappa shape index (κ1) is 18.4. The highest BCUT2D eigenvalue weighted by Crippen LogP contribution is 2.30. The Bertz CT molecular complexity index is 777. The van der Waals surface area contributed by atoms with Crippen LogP contribution in [0.4, 0.5) is 17.1 Å². The number of halogens is 1. The van der Waals surface area contributed by atoms with Crippen LogP contribution in [-0.4, -0.2) is 21.3 Å². The molecule has 0 aliphatic heterocycles. The van der Waals surface area contributed by atoms with Gasteiger partial charge in [-0.25, -0.2) is 8.42 Å². The van der Waals surface area contributed by atoms with Crippen molar-refractivity contribution >= 4 is 38.7 Å². The van der Waals surface area contributed by atoms with Gasteiger partial charge < -0.3 is 10.1 Å². The summed E-state index contributed by atoms with van der Waals surface area (Å²) in [6.07, 6.45) is 1.48. The molecule has 24 heavy (non-hydrogen) atoms. The van der Waals surface area contributed by atoms with Crippen molar-refractivity contribution in [2.75, 3.05) is 22.9 Å². The first-order chi connectivity index (χ1) is 11.4. The van der Waals surface area contributed by atoms with E-state index in [0.717, 1.165) is 17.8 Å². The van der Waals surface area contributed by atoms with Crippen molar-refractivity contribution < 1.29 is 13.2 Å². The van der Waals surface area contributed by atoms with Gasteiger partial charge in [0.2, 0.25) is 10.0 Å². The fourth-order valence-electron chi connectivity index (χ4n) is 2.12. The number of rotatable bonds is 8. The number of hydrogen-bond donors (Lipinski definition) is 2. The molecule has 0 aliphatic rings. The molecule has 7 heteroatoms. The number of sulfonamides is 1. The van der Waals surface area contributed by atoms with E-state index in [1.165, 1.54) is 0 Å². The van der Waals surface area contributed by atoms with Crippen LogP contribution in [0, 0.1) is 0 Å². The van der Waals surface area contributed by atoms with Gasteiger partial charge in [0.1, 0.15) is 5.75 Å². The van der Waals surface area contributed by atoms with Crippen LogP contribution in [0.2, 0.25) is 5.02 Å². The van der Waals surface area contributed by atoms with E-state index in [1.54, 1.807) is 49.6 Å². The summed E-state index contributed by atoms with van der Waals surface area (Å²) in [5.41, 5.74) is 2.07. The molecule has 0 spiro atoms. The molecule has 2 rings (SSSR count). The Balaban J connectivity index is 2.09. The minimum absolute atomic E-state index is 0.128. The van der Waals surface area contributed by atoms with Crippen molar-refractivity contribution in [3.05, 3.63) is 47.5 Å². The van der Waals surface area contributed by atoms with Gasteiger partial charge in [0.05, 0.1) is 18.6 Å². The average Bonchev–Trinajstić information content (AvgIpc) is 2.55. The van der Waals surface area contributed by atoms with E-state index in [9.17, 15) is 8.42 Å². The fourth-order valence-corrected chi connectivity index (χ4v) is 3.56. The molecular formula is C17H21ClN2O3S. The molecule has 0 aromatic heterocycles. The number of ether oxygens (including phenoxy) is 1. The average molecular weight is 369 g/mol. The van der Waals surface area contributed by atoms with Crippen LogP contribution in [-0.2, 0) is 10.0 Å². The first-order valence-corrected chi connectivity index (χ1v) is 9.67. The third-order valence-electron chi connectivity index (χ3n) is 3.37. The lowest BCUT2D eigenvalue weighted by Crippen LogP contribution is -2.16. The monoisotopic (exact) mass is 368 g/mol. The summed E-state index contributed by atoms with van der Waals surface area (Å²) in [5.74, 6) is 0.798. The highest BCUT2D eigenvalue weighted by molar-refractivity contribution is 7.92. The van der Waals surface area contributed by atoms with Gasteiger partial charge in [-0.1, -0.05) is 24.9 Å². The maximum Gasteiger partial charge on any atom is 0.232 e. The maximum atomic E-state index is 11.9. The molecule has 0 radical (unpaired) electrons. The summed E-state index contributed by atoms with van der Waals surface area (Å²) in [6.45, 7) is 1.96. The van der Waals surface area contributed by atoms with Crippen molar-refractivity contribution in [1.29, 1.82) is 0 Å². The Kier molecular flexibility index (Phi) is 6.34. The van der Waals surface area contributed by atoms with Crippen molar-refractivity contribution in [3.8, 4) is 5.75 Å². The lowest BCUT2D eigenvalue weighted by atomic mass is 10.2. The second kappa shape index (κ2) is 8.26. The number of anilines is 3. The number of methoxy groups -OCH3 is 1. The molecule has 0 amide bonds. The van der Waals surface area contributed by atoms with Crippen molar-refractivity contribution in [1.82, 2.24) is 0 Å². The van der Waals surface area contributed by atoms with Crippen LogP contribution >= 0.6 is 11.6 Å². The molecule has 0 heterocycles. The Morgan fingerprint density at radius 2 is 1.75 bits per heavy atom. The molecule has 0 atom stereocenters. The molecule has 5 nitrogen and oxygen atoms in total. The van der Waals surface area contributed by atoms with Crippen molar-refractivity contribution in [2.45, 2.75) is 19.8 Å². The lowest BCUT2D eigenvalue weighted by molar-refractivity contribution is 0.417. The Morgan fingerprint density at radius 3 is 2.38 bits per heavy atom. The zero-order valence-corrected chi connectivity index (χ0v) is 15.2. The quantitative estimate of drug-likeness (QED) is 0.712. The molecule has 0 aliphatic carbocycles. The number of unbranched alkanes of at least 4 members (excludes halogenated alkanes) is 1. The van der Waals surface area contributed by atoms with Crippen LogP contribution in [0.1, 0.15) is 19.8 Å². The highest BCUT2D eigenvalue weighted by Gasteiger charge is 2.10. The zero-order valence-electron chi connectivity index (χ0n) is 13.7. The van der Waals surface area contributed by atoms with E-state index in [-0.39, 0.29) is 5.75 Å². The molecule has 0 saturated carbocycles. The smallest absolute Gasteiger partial charge is 0.232 e. The minimum Gasteiger partial charge on any atom is -0.495 e. The molecule has 130 valence electrons. The largest absolute Gasteiger partial charge is 0.495 e. The molecule has 0 saturated heterocycles. The first-order valence-electron chi connectivity index (χ1n) is 7.64. The Morgan fingerprint density at radius 1 is 1.08 bits per heavy atom. The lowest BCUT2D eigenvalue weighted by Gasteiger charge is -2.12.